The molecule has 0 aliphatic heterocycles. The fraction of sp³-hybridized carbons (Fsp3) is 0.136. The minimum Gasteiger partial charge on any atom is -0.457 e. The van der Waals surface area contributed by atoms with Gasteiger partial charge in [0.25, 0.3) is 0 Å². The van der Waals surface area contributed by atoms with Crippen LogP contribution in [0.5, 0.6) is 11.5 Å². The van der Waals surface area contributed by atoms with E-state index in [1.807, 2.05) is 19.1 Å². The molecule has 0 saturated heterocycles. The van der Waals surface area contributed by atoms with E-state index < -0.39 is 0 Å². The summed E-state index contributed by atoms with van der Waals surface area (Å²) in [5.74, 6) is 1.29. The summed E-state index contributed by atoms with van der Waals surface area (Å²) in [6.07, 6.45) is 2.31. The van der Waals surface area contributed by atoms with Crippen LogP contribution in [0, 0.1) is 6.92 Å². The van der Waals surface area contributed by atoms with Gasteiger partial charge in [-0.05, 0) is 48.9 Å². The summed E-state index contributed by atoms with van der Waals surface area (Å²) in [5.41, 5.74) is 3.71. The second-order valence-corrected chi connectivity index (χ2v) is 7.29. The van der Waals surface area contributed by atoms with Crippen LogP contribution in [0.4, 0.5) is 16.2 Å². The molecule has 0 bridgehead atoms. The summed E-state index contributed by atoms with van der Waals surface area (Å²) in [4.78, 5) is 28.3. The van der Waals surface area contributed by atoms with Crippen LogP contribution in [0.1, 0.15) is 16.8 Å². The Balaban J connectivity index is 1.46. The Hall–Kier alpha value is -3.38. The molecule has 29 heavy (non-hydrogen) atoms. The first-order valence-corrected chi connectivity index (χ1v) is 9.45. The second-order valence-electron chi connectivity index (χ2n) is 6.85. The second kappa shape index (κ2) is 7.93. The van der Waals surface area contributed by atoms with Crippen LogP contribution in [-0.4, -0.2) is 16.8 Å². The SMILES string of the molecule is Cc1cc(Cl)cc(NC(=O)Nc2cccc(Oc3ccnc4c3CC(=O)C4)c2)c1. The molecule has 1 heterocycles. The minimum absolute atomic E-state index is 0.131. The number of nitrogens with one attached hydrogen (secondary N) is 2. The standard InChI is InChI=1S/C22H18ClN3O3/c1-13-7-14(23)9-16(8-13)26-22(28)25-15-3-2-4-18(10-15)29-21-5-6-24-20-12-17(27)11-19(20)21/h2-10H,11-12H2,1H3,(H2,25,26,28). The highest BCUT2D eigenvalue weighted by Crippen LogP contribution is 2.32. The minimum atomic E-state index is -0.390. The number of Topliss-reactive ketones (excluding diaryl/α,β-unsaturated/α-hetero) is 1. The van der Waals surface area contributed by atoms with Gasteiger partial charge in [0.1, 0.15) is 17.3 Å². The maximum atomic E-state index is 12.3. The molecule has 4 rings (SSSR count). The van der Waals surface area contributed by atoms with Crippen molar-refractivity contribution in [3.8, 4) is 11.5 Å². The molecule has 3 aromatic rings. The van der Waals surface area contributed by atoms with E-state index >= 15 is 0 Å². The molecule has 2 aromatic carbocycles. The molecule has 1 aliphatic rings. The lowest BCUT2D eigenvalue weighted by Gasteiger charge is -2.12. The topological polar surface area (TPSA) is 80.3 Å². The van der Waals surface area contributed by atoms with E-state index in [-0.39, 0.29) is 11.8 Å². The number of carbonyl (C=O) groups is 2. The van der Waals surface area contributed by atoms with Gasteiger partial charge >= 0.3 is 6.03 Å². The van der Waals surface area contributed by atoms with Gasteiger partial charge in [-0.25, -0.2) is 4.79 Å². The summed E-state index contributed by atoms with van der Waals surface area (Å²) >= 11 is 6.03. The molecule has 0 saturated carbocycles. The van der Waals surface area contributed by atoms with Crippen molar-refractivity contribution >= 4 is 34.8 Å². The van der Waals surface area contributed by atoms with E-state index in [4.69, 9.17) is 16.3 Å². The molecule has 1 aliphatic carbocycles. The van der Waals surface area contributed by atoms with Crippen molar-refractivity contribution in [3.05, 3.63) is 76.6 Å². The van der Waals surface area contributed by atoms with Gasteiger partial charge in [-0.2, -0.15) is 0 Å². The lowest BCUT2D eigenvalue weighted by Crippen LogP contribution is -2.19. The number of halogens is 1. The largest absolute Gasteiger partial charge is 0.457 e. The van der Waals surface area contributed by atoms with Gasteiger partial charge in [0, 0.05) is 47.1 Å². The molecule has 1 aromatic heterocycles. The quantitative estimate of drug-likeness (QED) is 0.627. The van der Waals surface area contributed by atoms with Crippen LogP contribution in [0.2, 0.25) is 5.02 Å². The Morgan fingerprint density at radius 1 is 1.07 bits per heavy atom. The Morgan fingerprint density at radius 3 is 2.72 bits per heavy atom. The van der Waals surface area contributed by atoms with Crippen molar-refractivity contribution in [1.82, 2.24) is 4.98 Å². The zero-order valence-electron chi connectivity index (χ0n) is 15.7. The highest BCUT2D eigenvalue weighted by Gasteiger charge is 2.23. The van der Waals surface area contributed by atoms with Gasteiger partial charge in [0.15, 0.2) is 0 Å². The van der Waals surface area contributed by atoms with Gasteiger partial charge < -0.3 is 15.4 Å². The molecule has 6 nitrogen and oxygen atoms in total. The number of ketones is 1. The molecule has 0 fully saturated rings. The third-order valence-corrected chi connectivity index (χ3v) is 4.68. The maximum Gasteiger partial charge on any atom is 0.323 e. The van der Waals surface area contributed by atoms with E-state index in [1.165, 1.54) is 0 Å². The summed E-state index contributed by atoms with van der Waals surface area (Å²) in [5, 5.41) is 6.09. The summed E-state index contributed by atoms with van der Waals surface area (Å²) < 4.78 is 5.96. The first kappa shape index (κ1) is 19.0. The van der Waals surface area contributed by atoms with Crippen molar-refractivity contribution < 1.29 is 14.3 Å². The van der Waals surface area contributed by atoms with Crippen LogP contribution in [0.3, 0.4) is 0 Å². The number of rotatable bonds is 4. The van der Waals surface area contributed by atoms with E-state index in [0.717, 1.165) is 16.8 Å². The molecule has 7 heteroatoms. The average Bonchev–Trinajstić information content (AvgIpc) is 3.02. The lowest BCUT2D eigenvalue weighted by atomic mass is 10.2. The molecule has 0 atom stereocenters. The fourth-order valence-corrected chi connectivity index (χ4v) is 3.56. The molecule has 0 spiro atoms. The van der Waals surface area contributed by atoms with Gasteiger partial charge in [-0.15, -0.1) is 0 Å². The summed E-state index contributed by atoms with van der Waals surface area (Å²) in [6, 6.07) is 13.7. The Morgan fingerprint density at radius 2 is 1.90 bits per heavy atom. The summed E-state index contributed by atoms with van der Waals surface area (Å²) in [6.45, 7) is 1.90. The molecular weight excluding hydrogens is 390 g/mol. The number of anilines is 2. The zero-order chi connectivity index (χ0) is 20.4. The molecule has 2 amide bonds. The number of carbonyl (C=O) groups excluding carboxylic acids is 2. The van der Waals surface area contributed by atoms with Crippen molar-refractivity contribution in [3.63, 3.8) is 0 Å². The summed E-state index contributed by atoms with van der Waals surface area (Å²) in [7, 11) is 0. The van der Waals surface area contributed by atoms with Crippen LogP contribution < -0.4 is 15.4 Å². The monoisotopic (exact) mass is 407 g/mol. The van der Waals surface area contributed by atoms with Gasteiger partial charge in [-0.3, -0.25) is 9.78 Å². The number of urea groups is 1. The van der Waals surface area contributed by atoms with Crippen molar-refractivity contribution in [2.75, 3.05) is 10.6 Å². The van der Waals surface area contributed by atoms with E-state index in [9.17, 15) is 9.59 Å². The fourth-order valence-electron chi connectivity index (χ4n) is 3.27. The molecular formula is C22H18ClN3O3. The third kappa shape index (κ3) is 4.55. The smallest absolute Gasteiger partial charge is 0.323 e. The van der Waals surface area contributed by atoms with Crippen molar-refractivity contribution in [2.45, 2.75) is 19.8 Å². The molecule has 146 valence electrons. The number of amides is 2. The Labute approximate surface area is 172 Å². The third-order valence-electron chi connectivity index (χ3n) is 4.46. The lowest BCUT2D eigenvalue weighted by molar-refractivity contribution is -0.117. The highest BCUT2D eigenvalue weighted by molar-refractivity contribution is 6.31. The Bertz CT molecular complexity index is 1090. The Kier molecular flexibility index (Phi) is 5.18. The normalized spacial score (nSPS) is 12.4. The number of benzene rings is 2. The zero-order valence-corrected chi connectivity index (χ0v) is 16.4. The van der Waals surface area contributed by atoms with Gasteiger partial charge in [-0.1, -0.05) is 17.7 Å². The number of aromatic nitrogens is 1. The van der Waals surface area contributed by atoms with E-state index in [0.29, 0.717) is 40.7 Å². The number of aryl methyl sites for hydroxylation is 1. The molecule has 0 unspecified atom stereocenters. The van der Waals surface area contributed by atoms with Crippen LogP contribution in [-0.2, 0) is 17.6 Å². The van der Waals surface area contributed by atoms with Crippen LogP contribution in [0.15, 0.2) is 54.7 Å². The van der Waals surface area contributed by atoms with Gasteiger partial charge in [0.2, 0.25) is 0 Å². The number of hydrogen-bond donors (Lipinski definition) is 2. The van der Waals surface area contributed by atoms with E-state index in [2.05, 4.69) is 15.6 Å². The predicted octanol–water partition coefficient (Wildman–Crippen LogP) is 5.15. The molecule has 2 N–H and O–H groups in total. The number of ether oxygens (including phenoxy) is 1. The maximum absolute atomic E-state index is 12.3. The average molecular weight is 408 g/mol. The van der Waals surface area contributed by atoms with Gasteiger partial charge in [0.05, 0.1) is 5.69 Å². The number of hydrogen-bond acceptors (Lipinski definition) is 4. The van der Waals surface area contributed by atoms with Crippen LogP contribution in [0.25, 0.3) is 0 Å². The number of pyridine rings is 1. The number of nitrogens with zero attached hydrogens (tertiary/aromatic N) is 1. The number of fused-ring (bicyclic) bond motifs is 1. The molecule has 0 radical (unpaired) electrons. The van der Waals surface area contributed by atoms with Crippen molar-refractivity contribution in [1.29, 1.82) is 0 Å². The van der Waals surface area contributed by atoms with E-state index in [1.54, 1.807) is 42.6 Å². The van der Waals surface area contributed by atoms with Crippen LogP contribution >= 0.6 is 11.6 Å². The first-order chi connectivity index (χ1) is 14.0. The predicted molar refractivity (Wildman–Crippen MR) is 112 cm³/mol. The first-order valence-electron chi connectivity index (χ1n) is 9.08. The van der Waals surface area contributed by atoms with Crippen molar-refractivity contribution in [2.24, 2.45) is 0 Å². The highest BCUT2D eigenvalue weighted by atomic mass is 35.5.